The molecule has 0 radical (unpaired) electrons. The average molecular weight is 413 g/mol. The Morgan fingerprint density at radius 3 is 2.42 bits per heavy atom. The molecule has 0 aromatic heterocycles. The first-order valence-corrected chi connectivity index (χ1v) is 10.0. The summed E-state index contributed by atoms with van der Waals surface area (Å²) in [5.74, 6) is 0.160. The lowest BCUT2D eigenvalue weighted by atomic mass is 10.1. The number of hydrogen-bond acceptors (Lipinski definition) is 5. The average Bonchev–Trinajstić information content (AvgIpc) is 2.50. The van der Waals surface area contributed by atoms with E-state index in [2.05, 4.69) is 15.9 Å². The third-order valence-corrected chi connectivity index (χ3v) is 4.35. The normalized spacial score (nSPS) is 11.1. The molecule has 0 spiro atoms. The van der Waals surface area contributed by atoms with Gasteiger partial charge in [0.2, 0.25) is 0 Å². The van der Waals surface area contributed by atoms with Crippen LogP contribution in [-0.4, -0.2) is 33.9 Å². The van der Waals surface area contributed by atoms with E-state index in [-0.39, 0.29) is 19.0 Å². The summed E-state index contributed by atoms with van der Waals surface area (Å²) < 4.78 is 34.0. The Bertz CT molecular complexity index is 800. The van der Waals surface area contributed by atoms with Crippen molar-refractivity contribution in [3.63, 3.8) is 0 Å². The Balaban J connectivity index is 1.80. The molecule has 5 nitrogen and oxygen atoms in total. The van der Waals surface area contributed by atoms with Gasteiger partial charge in [-0.05, 0) is 35.9 Å². The number of rotatable bonds is 7. The van der Waals surface area contributed by atoms with E-state index in [0.29, 0.717) is 16.9 Å². The SMILES string of the molecule is CS(=O)(=O)Cc1ccc(C(=O)OCCOc2cccc(Br)c2)cc1. The number of esters is 1. The number of hydrogen-bond donors (Lipinski definition) is 0. The first-order chi connectivity index (χ1) is 11.3. The van der Waals surface area contributed by atoms with Gasteiger partial charge in [-0.15, -0.1) is 0 Å². The fourth-order valence-corrected chi connectivity index (χ4v) is 3.15. The van der Waals surface area contributed by atoms with Crippen LogP contribution in [0.25, 0.3) is 0 Å². The summed E-state index contributed by atoms with van der Waals surface area (Å²) in [5, 5.41) is 0. The second kappa shape index (κ2) is 8.30. The van der Waals surface area contributed by atoms with Gasteiger partial charge in [0, 0.05) is 10.7 Å². The molecule has 0 bridgehead atoms. The molecule has 7 heteroatoms. The highest BCUT2D eigenvalue weighted by atomic mass is 79.9. The Morgan fingerprint density at radius 1 is 1.08 bits per heavy atom. The summed E-state index contributed by atoms with van der Waals surface area (Å²) in [7, 11) is -3.09. The summed E-state index contributed by atoms with van der Waals surface area (Å²) in [6, 6.07) is 13.7. The lowest BCUT2D eigenvalue weighted by Gasteiger charge is -2.08. The van der Waals surface area contributed by atoms with Crippen LogP contribution >= 0.6 is 15.9 Å². The van der Waals surface area contributed by atoms with Crippen LogP contribution in [0.15, 0.2) is 53.0 Å². The molecule has 2 aromatic rings. The molecule has 2 rings (SSSR count). The molecule has 0 N–H and O–H groups in total. The lowest BCUT2D eigenvalue weighted by Crippen LogP contribution is -2.12. The molecule has 0 heterocycles. The number of halogens is 1. The van der Waals surface area contributed by atoms with Crippen molar-refractivity contribution in [2.45, 2.75) is 5.75 Å². The van der Waals surface area contributed by atoms with Crippen molar-refractivity contribution in [1.82, 2.24) is 0 Å². The van der Waals surface area contributed by atoms with E-state index in [1.165, 1.54) is 6.26 Å². The molecular formula is C17H17BrO5S. The summed E-state index contributed by atoms with van der Waals surface area (Å²) in [6.07, 6.45) is 1.17. The molecule has 0 unspecified atom stereocenters. The molecular weight excluding hydrogens is 396 g/mol. The van der Waals surface area contributed by atoms with Gasteiger partial charge in [-0.3, -0.25) is 0 Å². The molecule has 0 saturated heterocycles. The van der Waals surface area contributed by atoms with Crippen LogP contribution in [0.5, 0.6) is 5.75 Å². The second-order valence-electron chi connectivity index (χ2n) is 5.21. The topological polar surface area (TPSA) is 69.7 Å². The van der Waals surface area contributed by atoms with Gasteiger partial charge in [0.25, 0.3) is 0 Å². The lowest BCUT2D eigenvalue weighted by molar-refractivity contribution is 0.0450. The maximum atomic E-state index is 11.9. The van der Waals surface area contributed by atoms with Gasteiger partial charge in [-0.2, -0.15) is 0 Å². The Hall–Kier alpha value is -1.86. The number of ether oxygens (including phenoxy) is 2. The van der Waals surface area contributed by atoms with Gasteiger partial charge >= 0.3 is 5.97 Å². The Labute approximate surface area is 149 Å². The van der Waals surface area contributed by atoms with Gasteiger partial charge in [-0.1, -0.05) is 34.1 Å². The van der Waals surface area contributed by atoms with E-state index in [0.717, 1.165) is 4.47 Å². The number of carbonyl (C=O) groups excluding carboxylic acids is 1. The number of benzene rings is 2. The maximum absolute atomic E-state index is 11.9. The zero-order chi connectivity index (χ0) is 17.6. The predicted molar refractivity (Wildman–Crippen MR) is 94.9 cm³/mol. The van der Waals surface area contributed by atoms with E-state index in [9.17, 15) is 13.2 Å². The molecule has 0 amide bonds. The van der Waals surface area contributed by atoms with E-state index in [4.69, 9.17) is 9.47 Å². The van der Waals surface area contributed by atoms with Gasteiger partial charge in [0.15, 0.2) is 9.84 Å². The second-order valence-corrected chi connectivity index (χ2v) is 8.26. The highest BCUT2D eigenvalue weighted by Gasteiger charge is 2.09. The van der Waals surface area contributed by atoms with Gasteiger partial charge < -0.3 is 9.47 Å². The van der Waals surface area contributed by atoms with Crippen LogP contribution < -0.4 is 4.74 Å². The van der Waals surface area contributed by atoms with Crippen LogP contribution in [0, 0.1) is 0 Å². The molecule has 0 aliphatic rings. The van der Waals surface area contributed by atoms with Crippen LogP contribution in [0.2, 0.25) is 0 Å². The van der Waals surface area contributed by atoms with Crippen molar-refractivity contribution in [3.8, 4) is 5.75 Å². The maximum Gasteiger partial charge on any atom is 0.338 e. The summed E-state index contributed by atoms with van der Waals surface area (Å²) in [5.41, 5.74) is 1.00. The summed E-state index contributed by atoms with van der Waals surface area (Å²) in [6.45, 7) is 0.366. The van der Waals surface area contributed by atoms with E-state index >= 15 is 0 Å². The van der Waals surface area contributed by atoms with Crippen molar-refractivity contribution < 1.29 is 22.7 Å². The largest absolute Gasteiger partial charge is 0.490 e. The fraction of sp³-hybridized carbons (Fsp3) is 0.235. The molecule has 128 valence electrons. The number of carbonyl (C=O) groups is 1. The molecule has 0 aliphatic heterocycles. The molecule has 0 fully saturated rings. The van der Waals surface area contributed by atoms with E-state index in [1.54, 1.807) is 24.3 Å². The minimum absolute atomic E-state index is 0.0528. The van der Waals surface area contributed by atoms with Crippen molar-refractivity contribution in [3.05, 3.63) is 64.1 Å². The molecule has 0 atom stereocenters. The molecule has 2 aromatic carbocycles. The third kappa shape index (κ3) is 6.33. The monoisotopic (exact) mass is 412 g/mol. The van der Waals surface area contributed by atoms with Gasteiger partial charge in [0.05, 0.1) is 11.3 Å². The fourth-order valence-electron chi connectivity index (χ4n) is 1.97. The molecule has 24 heavy (non-hydrogen) atoms. The van der Waals surface area contributed by atoms with Crippen molar-refractivity contribution >= 4 is 31.7 Å². The van der Waals surface area contributed by atoms with Crippen LogP contribution in [0.4, 0.5) is 0 Å². The van der Waals surface area contributed by atoms with Crippen molar-refractivity contribution in [2.75, 3.05) is 19.5 Å². The highest BCUT2D eigenvalue weighted by molar-refractivity contribution is 9.10. The van der Waals surface area contributed by atoms with Gasteiger partial charge in [-0.25, -0.2) is 13.2 Å². The first-order valence-electron chi connectivity index (χ1n) is 7.16. The molecule has 0 aliphatic carbocycles. The third-order valence-electron chi connectivity index (χ3n) is 3.00. The van der Waals surface area contributed by atoms with Gasteiger partial charge in [0.1, 0.15) is 19.0 Å². The van der Waals surface area contributed by atoms with E-state index in [1.807, 2.05) is 24.3 Å². The summed E-state index contributed by atoms with van der Waals surface area (Å²) in [4.78, 5) is 11.9. The number of sulfone groups is 1. The zero-order valence-corrected chi connectivity index (χ0v) is 15.5. The minimum atomic E-state index is -3.09. The zero-order valence-electron chi connectivity index (χ0n) is 13.1. The van der Waals surface area contributed by atoms with Crippen LogP contribution in [0.3, 0.4) is 0 Å². The highest BCUT2D eigenvalue weighted by Crippen LogP contribution is 2.17. The predicted octanol–water partition coefficient (Wildman–Crippen LogP) is 3.23. The van der Waals surface area contributed by atoms with Crippen LogP contribution in [-0.2, 0) is 20.3 Å². The quantitative estimate of drug-likeness (QED) is 0.515. The standard InChI is InChI=1S/C17H17BrO5S/c1-24(20,21)12-13-5-7-14(8-6-13)17(19)23-10-9-22-16-4-2-3-15(18)11-16/h2-8,11H,9-10,12H2,1H3. The van der Waals surface area contributed by atoms with Crippen LogP contribution in [0.1, 0.15) is 15.9 Å². The smallest absolute Gasteiger partial charge is 0.338 e. The molecule has 0 saturated carbocycles. The summed E-state index contributed by atoms with van der Waals surface area (Å²) >= 11 is 3.35. The Kier molecular flexibility index (Phi) is 6.39. The van der Waals surface area contributed by atoms with Crippen molar-refractivity contribution in [1.29, 1.82) is 0 Å². The first kappa shape index (κ1) is 18.5. The Morgan fingerprint density at radius 2 is 1.79 bits per heavy atom. The minimum Gasteiger partial charge on any atom is -0.490 e. The van der Waals surface area contributed by atoms with E-state index < -0.39 is 15.8 Å². The van der Waals surface area contributed by atoms with Crippen molar-refractivity contribution in [2.24, 2.45) is 0 Å².